The Labute approximate surface area is 188 Å². The van der Waals surface area contributed by atoms with E-state index in [0.717, 1.165) is 5.56 Å². The average Bonchev–Trinajstić information content (AvgIpc) is 2.76. The van der Waals surface area contributed by atoms with Crippen molar-refractivity contribution in [2.75, 3.05) is 10.6 Å². The molecule has 0 spiro atoms. The number of hydrogen-bond donors (Lipinski definition) is 2. The summed E-state index contributed by atoms with van der Waals surface area (Å²) in [5, 5.41) is 22.0. The molecule has 31 heavy (non-hydrogen) atoms. The topological polar surface area (TPSA) is 93.4 Å². The normalized spacial score (nSPS) is 11.4. The highest BCUT2D eigenvalue weighted by Crippen LogP contribution is 2.26. The van der Waals surface area contributed by atoms with Gasteiger partial charge in [0.15, 0.2) is 0 Å². The van der Waals surface area contributed by atoms with Crippen LogP contribution in [0.15, 0.2) is 66.7 Å². The minimum absolute atomic E-state index is 0.0680. The summed E-state index contributed by atoms with van der Waals surface area (Å²) in [5.74, 6) is -0.462. The number of anilines is 1. The maximum atomic E-state index is 12.7. The van der Waals surface area contributed by atoms with Crippen molar-refractivity contribution >= 4 is 34.2 Å². The van der Waals surface area contributed by atoms with Gasteiger partial charge in [0.05, 0.1) is 23.9 Å². The minimum atomic E-state index is -1.34. The first-order chi connectivity index (χ1) is 14.9. The van der Waals surface area contributed by atoms with E-state index in [0.29, 0.717) is 33.9 Å². The van der Waals surface area contributed by atoms with E-state index in [1.165, 1.54) is 12.1 Å². The van der Waals surface area contributed by atoms with Crippen molar-refractivity contribution in [3.8, 4) is 11.8 Å². The van der Waals surface area contributed by atoms with Gasteiger partial charge in [-0.2, -0.15) is 5.26 Å². The molecule has 8 heteroatoms. The number of phenolic OH excluding ortho intramolecular Hbond substituents is 1. The second-order valence-corrected chi connectivity index (χ2v) is 8.51. The van der Waals surface area contributed by atoms with Crippen LogP contribution in [0.25, 0.3) is 0 Å². The summed E-state index contributed by atoms with van der Waals surface area (Å²) >= 11 is 6.25. The Bertz CT molecular complexity index is 1160. The van der Waals surface area contributed by atoms with E-state index in [9.17, 15) is 14.1 Å². The van der Waals surface area contributed by atoms with Gasteiger partial charge in [-0.3, -0.25) is 9.10 Å². The summed E-state index contributed by atoms with van der Waals surface area (Å²) in [6.45, 7) is 0.468. The quantitative estimate of drug-likeness (QED) is 0.562. The smallest absolute Gasteiger partial charge is 0.251 e. The number of nitriles is 1. The van der Waals surface area contributed by atoms with E-state index < -0.39 is 16.9 Å². The molecule has 3 rings (SSSR count). The predicted molar refractivity (Wildman–Crippen MR) is 122 cm³/mol. The summed E-state index contributed by atoms with van der Waals surface area (Å²) in [6.07, 6.45) is 1.57. The fourth-order valence-electron chi connectivity index (χ4n) is 2.99. The molecule has 6 nitrogen and oxygen atoms in total. The number of phenols is 1. The Hall–Kier alpha value is -3.34. The first-order valence-corrected chi connectivity index (χ1v) is 11.2. The van der Waals surface area contributed by atoms with Gasteiger partial charge in [-0.25, -0.2) is 4.21 Å². The summed E-state index contributed by atoms with van der Waals surface area (Å²) in [6, 6.07) is 20.8. The molecular weight excluding hydrogens is 434 g/mol. The number of rotatable bonds is 7. The van der Waals surface area contributed by atoms with Gasteiger partial charge < -0.3 is 10.4 Å². The standard InChI is InChI=1S/C23H20ClN3O3S/c1-31(30)27(15-16-5-3-2-4-6-16)21-11-19(10-20(24)12-21)23(29)26-14-18-8-7-17(13-25)9-22(18)28/h2-12,28H,14-15H2,1H3,(H,26,29). The second kappa shape index (κ2) is 10.1. The van der Waals surface area contributed by atoms with Gasteiger partial charge in [-0.1, -0.05) is 48.0 Å². The molecule has 1 atom stereocenters. The van der Waals surface area contributed by atoms with E-state index in [4.69, 9.17) is 16.9 Å². The molecule has 0 bridgehead atoms. The second-order valence-electron chi connectivity index (χ2n) is 6.78. The number of carbonyl (C=O) groups is 1. The molecule has 0 radical (unpaired) electrons. The van der Waals surface area contributed by atoms with E-state index in [-0.39, 0.29) is 12.3 Å². The molecule has 3 aromatic carbocycles. The Morgan fingerprint density at radius 1 is 1.16 bits per heavy atom. The highest BCUT2D eigenvalue weighted by molar-refractivity contribution is 7.85. The molecule has 0 aliphatic rings. The lowest BCUT2D eigenvalue weighted by Gasteiger charge is -2.22. The first kappa shape index (κ1) is 22.3. The van der Waals surface area contributed by atoms with Crippen LogP contribution < -0.4 is 9.62 Å². The third-order valence-electron chi connectivity index (χ3n) is 4.57. The maximum absolute atomic E-state index is 12.7. The number of aromatic hydroxyl groups is 1. The number of benzene rings is 3. The van der Waals surface area contributed by atoms with Gasteiger partial charge in [0.25, 0.3) is 5.91 Å². The molecule has 0 heterocycles. The Morgan fingerprint density at radius 2 is 1.90 bits per heavy atom. The fraction of sp³-hybridized carbons (Fsp3) is 0.130. The van der Waals surface area contributed by atoms with Crippen molar-refractivity contribution in [1.82, 2.24) is 5.32 Å². The molecular formula is C23H20ClN3O3S. The maximum Gasteiger partial charge on any atom is 0.251 e. The monoisotopic (exact) mass is 453 g/mol. The highest BCUT2D eigenvalue weighted by atomic mass is 35.5. The molecule has 1 unspecified atom stereocenters. The molecule has 0 aliphatic carbocycles. The van der Waals surface area contributed by atoms with Crippen LogP contribution in [0.3, 0.4) is 0 Å². The molecule has 2 N–H and O–H groups in total. The van der Waals surface area contributed by atoms with Crippen molar-refractivity contribution in [3.05, 3.63) is 94.0 Å². The number of carbonyl (C=O) groups excluding carboxylic acids is 1. The van der Waals surface area contributed by atoms with Gasteiger partial charge in [0, 0.05) is 29.0 Å². The molecule has 3 aromatic rings. The number of amides is 1. The zero-order valence-electron chi connectivity index (χ0n) is 16.7. The van der Waals surface area contributed by atoms with Crippen LogP contribution in [0.4, 0.5) is 5.69 Å². The molecule has 0 saturated carbocycles. The summed E-state index contributed by atoms with van der Waals surface area (Å²) in [4.78, 5) is 12.7. The third-order valence-corrected chi connectivity index (χ3v) is 5.74. The van der Waals surface area contributed by atoms with Gasteiger partial charge in [-0.15, -0.1) is 0 Å². The lowest BCUT2D eigenvalue weighted by atomic mass is 10.1. The van der Waals surface area contributed by atoms with Gasteiger partial charge in [0.1, 0.15) is 16.7 Å². The average molecular weight is 454 g/mol. The van der Waals surface area contributed by atoms with E-state index in [2.05, 4.69) is 5.32 Å². The summed E-state index contributed by atoms with van der Waals surface area (Å²) in [5.41, 5.74) is 2.65. The van der Waals surface area contributed by atoms with Crippen molar-refractivity contribution in [3.63, 3.8) is 0 Å². The van der Waals surface area contributed by atoms with Crippen LogP contribution in [0, 0.1) is 11.3 Å². The van der Waals surface area contributed by atoms with Crippen LogP contribution >= 0.6 is 11.6 Å². The van der Waals surface area contributed by atoms with Crippen LogP contribution in [0.5, 0.6) is 5.75 Å². The predicted octanol–water partition coefficient (Wildman–Crippen LogP) is 4.15. The van der Waals surface area contributed by atoms with E-state index >= 15 is 0 Å². The van der Waals surface area contributed by atoms with Crippen LogP contribution in [-0.2, 0) is 24.1 Å². The fourth-order valence-corrected chi connectivity index (χ4v) is 3.95. The van der Waals surface area contributed by atoms with Crippen LogP contribution in [0.2, 0.25) is 5.02 Å². The highest BCUT2D eigenvalue weighted by Gasteiger charge is 2.16. The number of hydrogen-bond acceptors (Lipinski definition) is 4. The van der Waals surface area contributed by atoms with Crippen molar-refractivity contribution in [1.29, 1.82) is 5.26 Å². The third kappa shape index (κ3) is 5.85. The van der Waals surface area contributed by atoms with Crippen LogP contribution in [0.1, 0.15) is 27.0 Å². The van der Waals surface area contributed by atoms with Crippen molar-refractivity contribution in [2.45, 2.75) is 13.1 Å². The van der Waals surface area contributed by atoms with Crippen LogP contribution in [-0.4, -0.2) is 21.5 Å². The van der Waals surface area contributed by atoms with Gasteiger partial charge in [-0.05, 0) is 35.9 Å². The molecule has 0 saturated heterocycles. The number of halogens is 1. The van der Waals surface area contributed by atoms with Crippen molar-refractivity contribution < 1.29 is 14.1 Å². The first-order valence-electron chi connectivity index (χ1n) is 9.33. The zero-order valence-corrected chi connectivity index (χ0v) is 18.3. The SMILES string of the molecule is CS(=O)N(Cc1ccccc1)c1cc(Cl)cc(C(=O)NCc2ccc(C#N)cc2O)c1. The number of nitrogens with one attached hydrogen (secondary N) is 1. The Balaban J connectivity index is 1.80. The molecule has 0 aliphatic heterocycles. The Morgan fingerprint density at radius 3 is 2.55 bits per heavy atom. The lowest BCUT2D eigenvalue weighted by molar-refractivity contribution is 0.0950. The number of nitrogens with zero attached hydrogens (tertiary/aromatic N) is 2. The minimum Gasteiger partial charge on any atom is -0.508 e. The zero-order chi connectivity index (χ0) is 22.4. The molecule has 0 aromatic heterocycles. The van der Waals surface area contributed by atoms with Crippen molar-refractivity contribution in [2.24, 2.45) is 0 Å². The van der Waals surface area contributed by atoms with Gasteiger partial charge in [0.2, 0.25) is 0 Å². The van der Waals surface area contributed by atoms with E-state index in [1.54, 1.807) is 34.8 Å². The largest absolute Gasteiger partial charge is 0.508 e. The van der Waals surface area contributed by atoms with Gasteiger partial charge >= 0.3 is 0 Å². The molecule has 1 amide bonds. The molecule has 0 fully saturated rings. The van der Waals surface area contributed by atoms with E-state index in [1.807, 2.05) is 36.4 Å². The lowest BCUT2D eigenvalue weighted by Crippen LogP contribution is -2.26. The molecule has 158 valence electrons. The summed E-state index contributed by atoms with van der Waals surface area (Å²) < 4.78 is 14.0. The Kier molecular flexibility index (Phi) is 7.29. The summed E-state index contributed by atoms with van der Waals surface area (Å²) in [7, 11) is -1.34.